The third kappa shape index (κ3) is 8.16. The van der Waals surface area contributed by atoms with Crippen molar-refractivity contribution in [2.24, 2.45) is 0 Å². The van der Waals surface area contributed by atoms with E-state index in [1.54, 1.807) is 30.5 Å². The molecular formula is C27H39N3O4S. The smallest absolute Gasteiger partial charge is 0.318 e. The van der Waals surface area contributed by atoms with Crippen LogP contribution in [0.15, 0.2) is 35.7 Å². The summed E-state index contributed by atoms with van der Waals surface area (Å²) in [6.07, 6.45) is 7.08. The number of methoxy groups -OCH3 is 2. The number of nitrogens with one attached hydrogen (secondary N) is 1. The van der Waals surface area contributed by atoms with Crippen molar-refractivity contribution < 1.29 is 19.1 Å². The van der Waals surface area contributed by atoms with Crippen LogP contribution in [0.2, 0.25) is 0 Å². The average Bonchev–Trinajstić information content (AvgIpc) is 3.39. The Bertz CT molecular complexity index is 929. The topological polar surface area (TPSA) is 71.1 Å². The van der Waals surface area contributed by atoms with Gasteiger partial charge in [-0.05, 0) is 54.8 Å². The van der Waals surface area contributed by atoms with Crippen molar-refractivity contribution in [1.29, 1.82) is 0 Å². The summed E-state index contributed by atoms with van der Waals surface area (Å²) >= 11 is 1.64. The van der Waals surface area contributed by atoms with Crippen molar-refractivity contribution in [2.75, 3.05) is 33.9 Å². The summed E-state index contributed by atoms with van der Waals surface area (Å²) in [6, 6.07) is 9.97. The number of carbonyl (C=O) groups excluding carboxylic acids is 2. The SMILES string of the molecule is CCCN(CC(=O)N(CCc1ccc(OC)c(OC)c1)Cc1cccs1)C(=O)NC1CCCCC1. The molecule has 1 fully saturated rings. The first-order valence-electron chi connectivity index (χ1n) is 12.6. The van der Waals surface area contributed by atoms with E-state index in [-0.39, 0.29) is 24.5 Å². The van der Waals surface area contributed by atoms with Gasteiger partial charge in [0.25, 0.3) is 0 Å². The van der Waals surface area contributed by atoms with Crippen molar-refractivity contribution in [3.05, 3.63) is 46.2 Å². The molecule has 1 N–H and O–H groups in total. The molecule has 3 rings (SSSR count). The fraction of sp³-hybridized carbons (Fsp3) is 0.556. The second-order valence-electron chi connectivity index (χ2n) is 9.04. The summed E-state index contributed by atoms with van der Waals surface area (Å²) in [5.74, 6) is 1.32. The van der Waals surface area contributed by atoms with Crippen LogP contribution in [-0.4, -0.2) is 61.6 Å². The Morgan fingerprint density at radius 3 is 2.46 bits per heavy atom. The summed E-state index contributed by atoms with van der Waals surface area (Å²) in [4.78, 5) is 31.1. The monoisotopic (exact) mass is 501 g/mol. The number of carbonyl (C=O) groups is 2. The summed E-state index contributed by atoms with van der Waals surface area (Å²) in [5.41, 5.74) is 1.06. The summed E-state index contributed by atoms with van der Waals surface area (Å²) < 4.78 is 10.8. The predicted octanol–water partition coefficient (Wildman–Crippen LogP) is 5.09. The lowest BCUT2D eigenvalue weighted by atomic mass is 9.96. The molecule has 192 valence electrons. The van der Waals surface area contributed by atoms with Crippen LogP contribution in [0.1, 0.15) is 55.9 Å². The Balaban J connectivity index is 1.67. The van der Waals surface area contributed by atoms with E-state index < -0.39 is 0 Å². The molecule has 1 heterocycles. The van der Waals surface area contributed by atoms with Crippen molar-refractivity contribution in [1.82, 2.24) is 15.1 Å². The van der Waals surface area contributed by atoms with Crippen molar-refractivity contribution in [2.45, 2.75) is 64.5 Å². The lowest BCUT2D eigenvalue weighted by molar-refractivity contribution is -0.132. The standard InChI is InChI=1S/C27H39N3O4S/c1-4-15-30(27(32)28-22-9-6-5-7-10-22)20-26(31)29(19-23-11-8-17-35-23)16-14-21-12-13-24(33-2)25(18-21)34-3/h8,11-13,17-18,22H,4-7,9-10,14-16,19-20H2,1-3H3,(H,28,32). The first-order chi connectivity index (χ1) is 17.0. The molecule has 8 heteroatoms. The number of urea groups is 1. The van der Waals surface area contributed by atoms with Crippen LogP contribution < -0.4 is 14.8 Å². The maximum absolute atomic E-state index is 13.5. The molecule has 0 aliphatic heterocycles. The zero-order valence-corrected chi connectivity index (χ0v) is 22.1. The average molecular weight is 502 g/mol. The maximum atomic E-state index is 13.5. The number of ether oxygens (including phenoxy) is 2. The predicted molar refractivity (Wildman–Crippen MR) is 140 cm³/mol. The largest absolute Gasteiger partial charge is 0.493 e. The molecule has 2 aromatic rings. The van der Waals surface area contributed by atoms with Crippen LogP contribution in [0.25, 0.3) is 0 Å². The Hall–Kier alpha value is -2.74. The molecule has 1 aliphatic rings. The molecule has 1 aliphatic carbocycles. The quantitative estimate of drug-likeness (QED) is 0.440. The van der Waals surface area contributed by atoms with Gasteiger partial charge in [-0.25, -0.2) is 4.79 Å². The first-order valence-corrected chi connectivity index (χ1v) is 13.5. The molecule has 3 amide bonds. The normalized spacial score (nSPS) is 13.8. The van der Waals surface area contributed by atoms with Crippen LogP contribution in [0.3, 0.4) is 0 Å². The van der Waals surface area contributed by atoms with Crippen molar-refractivity contribution >= 4 is 23.3 Å². The minimum absolute atomic E-state index is 0.0360. The van der Waals surface area contributed by atoms with Gasteiger partial charge in [0.15, 0.2) is 11.5 Å². The third-order valence-electron chi connectivity index (χ3n) is 6.44. The van der Waals surface area contributed by atoms with Crippen molar-refractivity contribution in [3.63, 3.8) is 0 Å². The van der Waals surface area contributed by atoms with Crippen LogP contribution in [0.5, 0.6) is 11.5 Å². The zero-order valence-electron chi connectivity index (χ0n) is 21.3. The highest BCUT2D eigenvalue weighted by molar-refractivity contribution is 7.09. The molecule has 1 saturated carbocycles. The van der Waals surface area contributed by atoms with Crippen LogP contribution in [0, 0.1) is 0 Å². The van der Waals surface area contributed by atoms with Gasteiger partial charge in [0.05, 0.1) is 20.8 Å². The van der Waals surface area contributed by atoms with Crippen LogP contribution >= 0.6 is 11.3 Å². The van der Waals surface area contributed by atoms with Gasteiger partial charge in [-0.1, -0.05) is 38.3 Å². The Labute approximate surface area is 213 Å². The highest BCUT2D eigenvalue weighted by atomic mass is 32.1. The van der Waals surface area contributed by atoms with E-state index >= 15 is 0 Å². The Morgan fingerprint density at radius 2 is 1.80 bits per heavy atom. The summed E-state index contributed by atoms with van der Waals surface area (Å²) in [6.45, 7) is 3.77. The molecule has 0 radical (unpaired) electrons. The van der Waals surface area contributed by atoms with Gasteiger partial charge in [-0.15, -0.1) is 11.3 Å². The molecule has 1 aromatic heterocycles. The van der Waals surface area contributed by atoms with Gasteiger partial charge in [0.2, 0.25) is 5.91 Å². The number of benzene rings is 1. The number of thiophene rings is 1. The zero-order chi connectivity index (χ0) is 25.0. The molecule has 0 spiro atoms. The fourth-order valence-electron chi connectivity index (χ4n) is 4.48. The fourth-order valence-corrected chi connectivity index (χ4v) is 5.20. The number of nitrogens with zero attached hydrogens (tertiary/aromatic N) is 2. The van der Waals surface area contributed by atoms with Gasteiger partial charge < -0.3 is 24.6 Å². The molecule has 0 bridgehead atoms. The second kappa shape index (κ2) is 14.0. The molecule has 0 atom stereocenters. The Kier molecular flexibility index (Phi) is 10.7. The highest BCUT2D eigenvalue weighted by Gasteiger charge is 2.24. The number of hydrogen-bond acceptors (Lipinski definition) is 5. The molecule has 7 nitrogen and oxygen atoms in total. The van der Waals surface area contributed by atoms with Gasteiger partial charge in [0, 0.05) is 24.0 Å². The van der Waals surface area contributed by atoms with E-state index in [0.717, 1.165) is 42.5 Å². The van der Waals surface area contributed by atoms with Gasteiger partial charge >= 0.3 is 6.03 Å². The minimum atomic E-state index is -0.122. The number of hydrogen-bond donors (Lipinski definition) is 1. The minimum Gasteiger partial charge on any atom is -0.493 e. The van der Waals surface area contributed by atoms with Gasteiger partial charge in [-0.3, -0.25) is 4.79 Å². The van der Waals surface area contributed by atoms with Crippen LogP contribution in [-0.2, 0) is 17.8 Å². The first kappa shape index (κ1) is 26.9. The Morgan fingerprint density at radius 1 is 1.03 bits per heavy atom. The number of rotatable bonds is 12. The van der Waals surface area contributed by atoms with Gasteiger partial charge in [-0.2, -0.15) is 0 Å². The van der Waals surface area contributed by atoms with E-state index in [4.69, 9.17) is 9.47 Å². The van der Waals surface area contributed by atoms with Crippen LogP contribution in [0.4, 0.5) is 4.79 Å². The van der Waals surface area contributed by atoms with E-state index in [9.17, 15) is 9.59 Å². The maximum Gasteiger partial charge on any atom is 0.318 e. The molecule has 1 aromatic carbocycles. The molecule has 0 unspecified atom stereocenters. The summed E-state index contributed by atoms with van der Waals surface area (Å²) in [7, 11) is 3.24. The summed E-state index contributed by atoms with van der Waals surface area (Å²) in [5, 5.41) is 5.19. The highest BCUT2D eigenvalue weighted by Crippen LogP contribution is 2.28. The molecule has 0 saturated heterocycles. The lowest BCUT2D eigenvalue weighted by Crippen LogP contribution is -2.50. The van der Waals surface area contributed by atoms with Gasteiger partial charge in [0.1, 0.15) is 6.54 Å². The lowest BCUT2D eigenvalue weighted by Gasteiger charge is -2.30. The van der Waals surface area contributed by atoms with E-state index in [0.29, 0.717) is 37.6 Å². The van der Waals surface area contributed by atoms with Crippen molar-refractivity contribution in [3.8, 4) is 11.5 Å². The third-order valence-corrected chi connectivity index (χ3v) is 7.30. The van der Waals surface area contributed by atoms with E-state index in [2.05, 4.69) is 5.32 Å². The second-order valence-corrected chi connectivity index (χ2v) is 10.1. The molecular weight excluding hydrogens is 462 g/mol. The number of amides is 3. The van der Waals surface area contributed by atoms with E-state index in [1.807, 2.05) is 47.5 Å². The van der Waals surface area contributed by atoms with E-state index in [1.165, 1.54) is 6.42 Å². The molecule has 35 heavy (non-hydrogen) atoms.